The molecule has 0 bridgehead atoms. The number of hydrogen-bond donors (Lipinski definition) is 3. The molecule has 1 aromatic carbocycles. The first-order valence-electron chi connectivity index (χ1n) is 13.3. The summed E-state index contributed by atoms with van der Waals surface area (Å²) < 4.78 is 11.4. The average molecular weight is 550 g/mol. The van der Waals surface area contributed by atoms with Gasteiger partial charge < -0.3 is 25.4 Å². The normalized spacial score (nSPS) is 27.1. The molecule has 4 amide bonds. The summed E-state index contributed by atoms with van der Waals surface area (Å²) in [6.07, 6.45) is 6.29. The summed E-state index contributed by atoms with van der Waals surface area (Å²) in [7, 11) is 0. The van der Waals surface area contributed by atoms with Crippen molar-refractivity contribution in [3.05, 3.63) is 54.2 Å². The van der Waals surface area contributed by atoms with E-state index in [0.717, 1.165) is 59.0 Å². The maximum atomic E-state index is 13.5. The first-order valence-corrected chi connectivity index (χ1v) is 14.2. The molecule has 204 valence electrons. The fourth-order valence-electron chi connectivity index (χ4n) is 5.83. The summed E-state index contributed by atoms with van der Waals surface area (Å²) >= 11 is 1.36. The zero-order chi connectivity index (χ0) is 27.1. The van der Waals surface area contributed by atoms with E-state index in [2.05, 4.69) is 27.5 Å². The molecule has 2 unspecified atom stereocenters. The zero-order valence-corrected chi connectivity index (χ0v) is 22.5. The summed E-state index contributed by atoms with van der Waals surface area (Å²) in [5.74, 6) is 0.310. The molecule has 0 radical (unpaired) electrons. The topological polar surface area (TPSA) is 122 Å². The Hall–Kier alpha value is -3.57. The maximum Gasteiger partial charge on any atom is 0.327 e. The van der Waals surface area contributed by atoms with Crippen molar-refractivity contribution in [2.75, 3.05) is 18.1 Å². The number of aromatic nitrogens is 1. The number of anilines is 2. The molecule has 2 fully saturated rings. The van der Waals surface area contributed by atoms with Crippen LogP contribution in [0.25, 0.3) is 0 Å². The van der Waals surface area contributed by atoms with Gasteiger partial charge in [0.1, 0.15) is 22.1 Å². The Morgan fingerprint density at radius 2 is 2.03 bits per heavy atom. The zero-order valence-electron chi connectivity index (χ0n) is 21.6. The summed E-state index contributed by atoms with van der Waals surface area (Å²) in [4.78, 5) is 45.0. The van der Waals surface area contributed by atoms with Gasteiger partial charge in [-0.15, -0.1) is 0 Å². The maximum absolute atomic E-state index is 13.5. The molecule has 0 spiro atoms. The monoisotopic (exact) mass is 549 g/mol. The van der Waals surface area contributed by atoms with Crippen molar-refractivity contribution in [3.8, 4) is 5.75 Å². The van der Waals surface area contributed by atoms with Crippen molar-refractivity contribution in [3.63, 3.8) is 0 Å². The van der Waals surface area contributed by atoms with Gasteiger partial charge in [0.15, 0.2) is 0 Å². The lowest BCUT2D eigenvalue weighted by Crippen LogP contribution is -2.53. The lowest BCUT2D eigenvalue weighted by Gasteiger charge is -2.35. The standard InChI is InChI=1S/C28H31N5O5S/c1-3-22(34)30-18-5-4-6-19(18)31-26(35)25-24-23-21(9-11-29-27(23)39-25)33(28(36)32-24)20-8-7-16(13-15(20)2)38-17-10-12-37-14-17/h3,7-9,11,13,17-19,24-25H,1,4-6,10,12,14H2,2H3,(H,30,34)(H,31,35)(H,32,36)/t17-,18+,19-,24?,25?/m1/s1. The molecule has 1 aromatic heterocycles. The highest BCUT2D eigenvalue weighted by Gasteiger charge is 2.47. The molecule has 1 saturated carbocycles. The molecule has 5 atom stereocenters. The molecule has 6 rings (SSSR count). The predicted molar refractivity (Wildman–Crippen MR) is 146 cm³/mol. The molecule has 2 aromatic rings. The first kappa shape index (κ1) is 25.7. The highest BCUT2D eigenvalue weighted by Crippen LogP contribution is 2.51. The summed E-state index contributed by atoms with van der Waals surface area (Å²) in [6.45, 7) is 6.74. The van der Waals surface area contributed by atoms with Gasteiger partial charge in [0, 0.05) is 30.3 Å². The number of hydrogen-bond acceptors (Lipinski definition) is 7. The third kappa shape index (κ3) is 4.85. The van der Waals surface area contributed by atoms with Crippen LogP contribution in [0.2, 0.25) is 0 Å². The van der Waals surface area contributed by atoms with Gasteiger partial charge in [-0.1, -0.05) is 18.3 Å². The average Bonchev–Trinajstić information content (AvgIpc) is 3.67. The Bertz CT molecular complexity index is 1330. The molecule has 3 aliphatic heterocycles. The predicted octanol–water partition coefficient (Wildman–Crippen LogP) is 3.27. The van der Waals surface area contributed by atoms with Crippen molar-refractivity contribution >= 4 is 41.0 Å². The molecule has 1 saturated heterocycles. The number of thioether (sulfide) groups is 1. The van der Waals surface area contributed by atoms with E-state index in [4.69, 9.17) is 9.47 Å². The van der Waals surface area contributed by atoms with Gasteiger partial charge in [-0.25, -0.2) is 9.78 Å². The van der Waals surface area contributed by atoms with Crippen LogP contribution in [0.5, 0.6) is 5.75 Å². The van der Waals surface area contributed by atoms with Crippen molar-refractivity contribution in [1.29, 1.82) is 0 Å². The van der Waals surface area contributed by atoms with E-state index in [1.54, 1.807) is 11.1 Å². The molecule has 39 heavy (non-hydrogen) atoms. The lowest BCUT2D eigenvalue weighted by atomic mass is 9.99. The number of ether oxygens (including phenoxy) is 2. The molecule has 11 heteroatoms. The number of aryl methyl sites for hydroxylation is 1. The Kier molecular flexibility index (Phi) is 6.94. The number of pyridine rings is 1. The molecular weight excluding hydrogens is 518 g/mol. The van der Waals surface area contributed by atoms with Crippen LogP contribution in [0.15, 0.2) is 48.1 Å². The summed E-state index contributed by atoms with van der Waals surface area (Å²) in [6, 6.07) is 6.38. The number of rotatable bonds is 7. The van der Waals surface area contributed by atoms with E-state index in [-0.39, 0.29) is 36.0 Å². The van der Waals surface area contributed by atoms with Crippen molar-refractivity contribution < 1.29 is 23.9 Å². The minimum absolute atomic E-state index is 0.0376. The number of urea groups is 1. The fraction of sp³-hybridized carbons (Fsp3) is 0.429. The van der Waals surface area contributed by atoms with Crippen LogP contribution >= 0.6 is 11.8 Å². The van der Waals surface area contributed by atoms with Crippen LogP contribution in [0.4, 0.5) is 16.2 Å². The van der Waals surface area contributed by atoms with E-state index in [1.807, 2.05) is 31.2 Å². The Labute approximate surface area is 230 Å². The van der Waals surface area contributed by atoms with Gasteiger partial charge in [0.05, 0.1) is 30.6 Å². The smallest absolute Gasteiger partial charge is 0.327 e. The molecule has 4 aliphatic rings. The minimum atomic E-state index is -0.568. The molecule has 10 nitrogen and oxygen atoms in total. The van der Waals surface area contributed by atoms with E-state index in [9.17, 15) is 14.4 Å². The number of carbonyl (C=O) groups excluding carboxylic acids is 3. The Morgan fingerprint density at radius 1 is 1.21 bits per heavy atom. The van der Waals surface area contributed by atoms with Crippen LogP contribution in [-0.4, -0.2) is 59.5 Å². The Morgan fingerprint density at radius 3 is 2.77 bits per heavy atom. The highest BCUT2D eigenvalue weighted by atomic mass is 32.2. The van der Waals surface area contributed by atoms with Crippen LogP contribution in [0.1, 0.15) is 42.9 Å². The van der Waals surface area contributed by atoms with Gasteiger partial charge in [-0.05, 0) is 62.1 Å². The molecular formula is C28H31N5O5S. The van der Waals surface area contributed by atoms with E-state index < -0.39 is 11.3 Å². The van der Waals surface area contributed by atoms with Crippen LogP contribution in [0, 0.1) is 6.92 Å². The summed E-state index contributed by atoms with van der Waals surface area (Å²) in [5, 5.41) is 9.26. The minimum Gasteiger partial charge on any atom is -0.488 e. The third-order valence-electron chi connectivity index (χ3n) is 7.72. The van der Waals surface area contributed by atoms with Crippen LogP contribution < -0.4 is 25.6 Å². The Balaban J connectivity index is 1.22. The second-order valence-corrected chi connectivity index (χ2v) is 11.4. The van der Waals surface area contributed by atoms with E-state index in [1.165, 1.54) is 17.8 Å². The molecule has 4 heterocycles. The molecule has 3 N–H and O–H groups in total. The second-order valence-electron chi connectivity index (χ2n) is 10.3. The lowest BCUT2D eigenvalue weighted by molar-refractivity contribution is -0.122. The number of benzene rings is 1. The summed E-state index contributed by atoms with van der Waals surface area (Å²) in [5.41, 5.74) is 3.18. The molecule has 1 aliphatic carbocycles. The van der Waals surface area contributed by atoms with Crippen molar-refractivity contribution in [2.24, 2.45) is 0 Å². The number of nitrogens with one attached hydrogen (secondary N) is 3. The van der Waals surface area contributed by atoms with Gasteiger partial charge in [-0.3, -0.25) is 14.5 Å². The first-order chi connectivity index (χ1) is 18.9. The van der Waals surface area contributed by atoms with Gasteiger partial charge in [-0.2, -0.15) is 0 Å². The number of nitrogens with zero attached hydrogens (tertiary/aromatic N) is 2. The van der Waals surface area contributed by atoms with Gasteiger partial charge in [0.25, 0.3) is 0 Å². The number of amides is 4. The number of carbonyl (C=O) groups is 3. The quantitative estimate of drug-likeness (QED) is 0.453. The van der Waals surface area contributed by atoms with E-state index in [0.29, 0.717) is 13.2 Å². The van der Waals surface area contributed by atoms with Crippen LogP contribution in [0.3, 0.4) is 0 Å². The SMILES string of the molecule is C=CC(=O)N[C@H]1CCC[C@H]1NC(=O)C1Sc2nccc3c2C1NC(=O)N3c1ccc(O[C@@H]2CCOC2)cc1C. The van der Waals surface area contributed by atoms with Crippen molar-refractivity contribution in [1.82, 2.24) is 20.9 Å². The fourth-order valence-corrected chi connectivity index (χ4v) is 7.06. The van der Waals surface area contributed by atoms with E-state index >= 15 is 0 Å². The van der Waals surface area contributed by atoms with Gasteiger partial charge >= 0.3 is 6.03 Å². The third-order valence-corrected chi connectivity index (χ3v) is 9.01. The highest BCUT2D eigenvalue weighted by molar-refractivity contribution is 8.01. The van der Waals surface area contributed by atoms with Crippen molar-refractivity contribution in [2.45, 2.75) is 67.1 Å². The van der Waals surface area contributed by atoms with Crippen LogP contribution in [-0.2, 0) is 14.3 Å². The van der Waals surface area contributed by atoms with Gasteiger partial charge in [0.2, 0.25) is 11.8 Å². The second kappa shape index (κ2) is 10.5. The largest absolute Gasteiger partial charge is 0.488 e.